The summed E-state index contributed by atoms with van der Waals surface area (Å²) in [6, 6.07) is 1.86. The van der Waals surface area contributed by atoms with E-state index in [2.05, 4.69) is 6.13 Å². The van der Waals surface area contributed by atoms with Crippen molar-refractivity contribution in [3.8, 4) is 0 Å². The molecular weight excluding hydrogens is 440 g/mol. The third-order valence-corrected chi connectivity index (χ3v) is 6.71. The van der Waals surface area contributed by atoms with Gasteiger partial charge in [0.15, 0.2) is 0 Å². The third-order valence-electron chi connectivity index (χ3n) is 2.65. The SMILES string of the molecule is CC(=O)OI1OC(C(F)(F)F)(C(F)(F)F)c2cccc(F)c21. The quantitative estimate of drug-likeness (QED) is 0.479. The molecule has 1 aliphatic rings. The van der Waals surface area contributed by atoms with Crippen LogP contribution in [0.1, 0.15) is 12.5 Å². The Hall–Kier alpha value is -1.11. The van der Waals surface area contributed by atoms with Gasteiger partial charge in [0, 0.05) is 0 Å². The van der Waals surface area contributed by atoms with Crippen molar-refractivity contribution >= 4 is 26.6 Å². The molecule has 0 aliphatic carbocycles. The number of carbonyl (C=O) groups excluding carboxylic acids is 1. The van der Waals surface area contributed by atoms with Gasteiger partial charge in [-0.3, -0.25) is 0 Å². The Morgan fingerprint density at radius 2 is 1.73 bits per heavy atom. The van der Waals surface area contributed by atoms with Crippen molar-refractivity contribution in [2.75, 3.05) is 0 Å². The molecule has 0 spiro atoms. The molecule has 1 aliphatic heterocycles. The first-order chi connectivity index (χ1) is 9.92. The molecule has 124 valence electrons. The monoisotopic (exact) mass is 446 g/mol. The molecular formula is C11H6F7IO3. The number of hydrogen-bond acceptors (Lipinski definition) is 3. The first kappa shape index (κ1) is 17.2. The normalized spacial score (nSPS) is 19.0. The first-order valence-electron chi connectivity index (χ1n) is 5.43. The molecule has 0 radical (unpaired) electrons. The first-order valence-corrected chi connectivity index (χ1v) is 8.27. The summed E-state index contributed by atoms with van der Waals surface area (Å²) in [7, 11) is 0. The molecule has 22 heavy (non-hydrogen) atoms. The second-order valence-electron chi connectivity index (χ2n) is 4.14. The molecule has 0 saturated carbocycles. The van der Waals surface area contributed by atoms with Gasteiger partial charge in [0.2, 0.25) is 0 Å². The molecule has 0 unspecified atom stereocenters. The minimum absolute atomic E-state index is 0.473. The Morgan fingerprint density at radius 3 is 2.18 bits per heavy atom. The van der Waals surface area contributed by atoms with Crippen LogP contribution in [0, 0.1) is 9.39 Å². The number of hydrogen-bond donors (Lipinski definition) is 0. The molecule has 1 heterocycles. The van der Waals surface area contributed by atoms with Gasteiger partial charge in [0.1, 0.15) is 0 Å². The van der Waals surface area contributed by atoms with Crippen molar-refractivity contribution < 1.29 is 41.7 Å². The van der Waals surface area contributed by atoms with Crippen LogP contribution >= 0.6 is 20.6 Å². The fourth-order valence-electron chi connectivity index (χ4n) is 1.82. The van der Waals surface area contributed by atoms with Crippen LogP contribution in [0.15, 0.2) is 18.2 Å². The van der Waals surface area contributed by atoms with Crippen LogP contribution in [0.2, 0.25) is 0 Å². The Kier molecular flexibility index (Phi) is 4.09. The summed E-state index contributed by atoms with van der Waals surface area (Å²) in [6.07, 6.45) is -11.8. The van der Waals surface area contributed by atoms with Gasteiger partial charge in [-0.05, 0) is 0 Å². The van der Waals surface area contributed by atoms with Crippen LogP contribution in [-0.4, -0.2) is 18.3 Å². The molecule has 0 aromatic heterocycles. The zero-order valence-electron chi connectivity index (χ0n) is 10.5. The van der Waals surface area contributed by atoms with Gasteiger partial charge in [0.25, 0.3) is 0 Å². The second-order valence-corrected chi connectivity index (χ2v) is 7.34. The van der Waals surface area contributed by atoms with Crippen molar-refractivity contribution in [1.82, 2.24) is 0 Å². The molecule has 0 saturated heterocycles. The third kappa shape index (κ3) is 2.43. The molecule has 0 atom stereocenters. The second kappa shape index (κ2) is 5.22. The molecule has 0 amide bonds. The summed E-state index contributed by atoms with van der Waals surface area (Å²) in [5, 5.41) is 0. The fraction of sp³-hybridized carbons (Fsp3) is 0.364. The van der Waals surface area contributed by atoms with Gasteiger partial charge in [-0.25, -0.2) is 0 Å². The van der Waals surface area contributed by atoms with Crippen LogP contribution < -0.4 is 0 Å². The van der Waals surface area contributed by atoms with E-state index in [0.717, 1.165) is 6.92 Å². The number of alkyl halides is 6. The van der Waals surface area contributed by atoms with Crippen LogP contribution in [-0.2, 0) is 16.5 Å². The molecule has 0 bridgehead atoms. The number of rotatable bonds is 1. The van der Waals surface area contributed by atoms with Crippen molar-refractivity contribution in [1.29, 1.82) is 0 Å². The van der Waals surface area contributed by atoms with E-state index in [9.17, 15) is 35.5 Å². The van der Waals surface area contributed by atoms with E-state index in [4.69, 9.17) is 0 Å². The van der Waals surface area contributed by atoms with E-state index in [1.807, 2.05) is 0 Å². The van der Waals surface area contributed by atoms with Gasteiger partial charge in [-0.1, -0.05) is 0 Å². The molecule has 1 aromatic rings. The molecule has 11 heteroatoms. The Bertz CT molecular complexity index is 597. The maximum atomic E-state index is 13.7. The number of fused-ring (bicyclic) bond motifs is 1. The maximum absolute atomic E-state index is 13.7. The summed E-state index contributed by atoms with van der Waals surface area (Å²) in [4.78, 5) is 10.9. The summed E-state index contributed by atoms with van der Waals surface area (Å²) in [5.41, 5.74) is -6.11. The van der Waals surface area contributed by atoms with E-state index in [0.29, 0.717) is 18.2 Å². The predicted molar refractivity (Wildman–Crippen MR) is 65.8 cm³/mol. The van der Waals surface area contributed by atoms with Crippen LogP contribution in [0.3, 0.4) is 0 Å². The summed E-state index contributed by atoms with van der Waals surface area (Å²) in [6.45, 7) is 0.780. The average molecular weight is 446 g/mol. The van der Waals surface area contributed by atoms with Crippen molar-refractivity contribution in [2.24, 2.45) is 0 Å². The van der Waals surface area contributed by atoms with Gasteiger partial charge >= 0.3 is 126 Å². The van der Waals surface area contributed by atoms with Gasteiger partial charge in [0.05, 0.1) is 0 Å². The standard InChI is InChI=1S/C11H6F7IO3/c1-5(20)21-19-8-6(3-2-4-7(8)12)9(22-19,10(13,14)15)11(16,17)18/h2-4H,1H3. The van der Waals surface area contributed by atoms with Gasteiger partial charge in [-0.2, -0.15) is 0 Å². The van der Waals surface area contributed by atoms with Crippen LogP contribution in [0.25, 0.3) is 0 Å². The number of halogens is 8. The average Bonchev–Trinajstić information content (AvgIpc) is 2.64. The van der Waals surface area contributed by atoms with Crippen molar-refractivity contribution in [3.05, 3.63) is 33.1 Å². The fourth-order valence-corrected chi connectivity index (χ4v) is 5.89. The Morgan fingerprint density at radius 1 is 1.18 bits per heavy atom. The topological polar surface area (TPSA) is 35.5 Å². The summed E-state index contributed by atoms with van der Waals surface area (Å²) in [5.74, 6) is -2.49. The Labute approximate surface area is 126 Å². The Balaban J connectivity index is 2.75. The molecule has 0 fully saturated rings. The number of carbonyl (C=O) groups is 1. The minimum atomic E-state index is -5.90. The summed E-state index contributed by atoms with van der Waals surface area (Å²) < 4.78 is 100. The summed E-state index contributed by atoms with van der Waals surface area (Å²) >= 11 is -4.27. The van der Waals surface area contributed by atoms with Crippen LogP contribution in [0.4, 0.5) is 30.7 Å². The van der Waals surface area contributed by atoms with Crippen molar-refractivity contribution in [2.45, 2.75) is 24.9 Å². The molecule has 0 N–H and O–H groups in total. The van der Waals surface area contributed by atoms with Gasteiger partial charge < -0.3 is 0 Å². The van der Waals surface area contributed by atoms with Gasteiger partial charge in [-0.15, -0.1) is 0 Å². The van der Waals surface area contributed by atoms with Crippen molar-refractivity contribution in [3.63, 3.8) is 0 Å². The van der Waals surface area contributed by atoms with E-state index < -0.39 is 59.5 Å². The van der Waals surface area contributed by atoms with E-state index >= 15 is 0 Å². The zero-order chi connectivity index (χ0) is 16.9. The van der Waals surface area contributed by atoms with E-state index in [1.165, 1.54) is 0 Å². The predicted octanol–water partition coefficient (Wildman–Crippen LogP) is 4.24. The molecule has 2 rings (SSSR count). The molecule has 3 nitrogen and oxygen atoms in total. The molecule has 1 aromatic carbocycles. The zero-order valence-corrected chi connectivity index (χ0v) is 12.6. The van der Waals surface area contributed by atoms with E-state index in [1.54, 1.807) is 0 Å². The number of benzene rings is 1. The van der Waals surface area contributed by atoms with Crippen LogP contribution in [0.5, 0.6) is 0 Å². The van der Waals surface area contributed by atoms with E-state index in [-0.39, 0.29) is 0 Å².